The summed E-state index contributed by atoms with van der Waals surface area (Å²) in [6.07, 6.45) is 6.38. The van der Waals surface area contributed by atoms with Crippen molar-refractivity contribution < 1.29 is 9.53 Å². The van der Waals surface area contributed by atoms with Gasteiger partial charge in [-0.15, -0.1) is 0 Å². The summed E-state index contributed by atoms with van der Waals surface area (Å²) in [7, 11) is 1.77. The van der Waals surface area contributed by atoms with Crippen LogP contribution in [0.5, 0.6) is 0 Å². The molecule has 0 unspecified atom stereocenters. The molecular weight excluding hydrogens is 350 g/mol. The van der Waals surface area contributed by atoms with Crippen molar-refractivity contribution in [2.45, 2.75) is 77.9 Å². The number of likely N-dealkylation sites (tertiary alicyclic amines) is 1. The van der Waals surface area contributed by atoms with Crippen LogP contribution in [0.3, 0.4) is 0 Å². The Morgan fingerprint density at radius 2 is 1.68 bits per heavy atom. The van der Waals surface area contributed by atoms with Crippen LogP contribution >= 0.6 is 0 Å². The third kappa shape index (κ3) is 5.09. The molecule has 2 heterocycles. The predicted octanol–water partition coefficient (Wildman–Crippen LogP) is 3.09. The molecule has 28 heavy (non-hydrogen) atoms. The van der Waals surface area contributed by atoms with Gasteiger partial charge in [0.25, 0.3) is 0 Å². The van der Waals surface area contributed by atoms with Crippen LogP contribution in [0.25, 0.3) is 0 Å². The van der Waals surface area contributed by atoms with E-state index in [1.165, 1.54) is 25.7 Å². The van der Waals surface area contributed by atoms with Crippen LogP contribution in [0.2, 0.25) is 0 Å². The Labute approximate surface area is 172 Å². The Kier molecular flexibility index (Phi) is 7.80. The molecule has 5 heteroatoms. The fourth-order valence-corrected chi connectivity index (χ4v) is 5.66. The van der Waals surface area contributed by atoms with Crippen LogP contribution in [-0.2, 0) is 9.53 Å². The lowest BCUT2D eigenvalue weighted by atomic mass is 9.79. The Morgan fingerprint density at radius 1 is 0.964 bits per heavy atom. The van der Waals surface area contributed by atoms with Gasteiger partial charge < -0.3 is 14.5 Å². The second-order valence-corrected chi connectivity index (χ2v) is 10.0. The summed E-state index contributed by atoms with van der Waals surface area (Å²) in [5, 5.41) is 0. The Bertz CT molecular complexity index is 502. The van der Waals surface area contributed by atoms with Gasteiger partial charge in [0.05, 0.1) is 18.6 Å². The van der Waals surface area contributed by atoms with E-state index in [0.717, 1.165) is 51.0 Å². The normalized spacial score (nSPS) is 33.2. The number of carbonyl (C=O) groups excluding carboxylic acids is 1. The molecule has 2 atom stereocenters. The molecule has 0 aromatic rings. The number of hydrogen-bond donors (Lipinski definition) is 0. The first-order valence-corrected chi connectivity index (χ1v) is 11.7. The third-order valence-electron chi connectivity index (χ3n) is 7.66. The molecule has 0 aromatic carbocycles. The van der Waals surface area contributed by atoms with Crippen molar-refractivity contribution >= 4 is 5.91 Å². The number of carbonyl (C=O) groups is 1. The number of nitrogens with zero attached hydrogens (tertiary/aromatic N) is 3. The zero-order valence-corrected chi connectivity index (χ0v) is 18.9. The summed E-state index contributed by atoms with van der Waals surface area (Å²) in [6, 6.07) is 1.45. The maximum Gasteiger partial charge on any atom is 0.227 e. The molecule has 0 aromatic heterocycles. The van der Waals surface area contributed by atoms with E-state index in [2.05, 4.69) is 42.4 Å². The summed E-state index contributed by atoms with van der Waals surface area (Å²) < 4.78 is 5.54. The van der Waals surface area contributed by atoms with Crippen LogP contribution < -0.4 is 0 Å². The van der Waals surface area contributed by atoms with Gasteiger partial charge in [-0.25, -0.2) is 0 Å². The van der Waals surface area contributed by atoms with Crippen molar-refractivity contribution in [3.8, 4) is 0 Å². The first kappa shape index (κ1) is 22.0. The SMILES string of the molecule is COC[C@@H]1CN(C2CCC(C(C)C)CC2)CCN1C(=O)[C@H]1CCN(C(C)C)C1. The average Bonchev–Trinajstić information content (AvgIpc) is 3.18. The fraction of sp³-hybridized carbons (Fsp3) is 0.957. The molecular formula is C23H43N3O2. The zero-order valence-electron chi connectivity index (χ0n) is 18.9. The molecule has 162 valence electrons. The highest BCUT2D eigenvalue weighted by Gasteiger charge is 2.39. The van der Waals surface area contributed by atoms with Gasteiger partial charge in [0.15, 0.2) is 0 Å². The first-order chi connectivity index (χ1) is 13.4. The smallest absolute Gasteiger partial charge is 0.227 e. The third-order valence-corrected chi connectivity index (χ3v) is 7.66. The zero-order chi connectivity index (χ0) is 20.3. The van der Waals surface area contributed by atoms with Gasteiger partial charge in [-0.05, 0) is 64.3 Å². The van der Waals surface area contributed by atoms with Crippen molar-refractivity contribution in [2.75, 3.05) is 46.4 Å². The lowest BCUT2D eigenvalue weighted by Gasteiger charge is -2.46. The highest BCUT2D eigenvalue weighted by atomic mass is 16.5. The van der Waals surface area contributed by atoms with E-state index in [-0.39, 0.29) is 12.0 Å². The molecule has 0 spiro atoms. The van der Waals surface area contributed by atoms with Gasteiger partial charge in [-0.3, -0.25) is 9.69 Å². The number of methoxy groups -OCH3 is 1. The number of ether oxygens (including phenoxy) is 1. The molecule has 3 fully saturated rings. The largest absolute Gasteiger partial charge is 0.382 e. The van der Waals surface area contributed by atoms with E-state index in [9.17, 15) is 4.79 Å². The van der Waals surface area contributed by atoms with Crippen LogP contribution in [0.15, 0.2) is 0 Å². The molecule has 3 rings (SSSR count). The molecule has 1 aliphatic carbocycles. The van der Waals surface area contributed by atoms with Crippen LogP contribution in [0, 0.1) is 17.8 Å². The lowest BCUT2D eigenvalue weighted by Crippen LogP contribution is -2.60. The molecule has 5 nitrogen and oxygen atoms in total. The quantitative estimate of drug-likeness (QED) is 0.695. The number of rotatable bonds is 6. The maximum atomic E-state index is 13.3. The number of piperazine rings is 1. The first-order valence-electron chi connectivity index (χ1n) is 11.7. The number of amides is 1. The second-order valence-electron chi connectivity index (χ2n) is 10.0. The monoisotopic (exact) mass is 393 g/mol. The molecule has 3 aliphatic rings. The number of hydrogen-bond acceptors (Lipinski definition) is 4. The Morgan fingerprint density at radius 3 is 2.25 bits per heavy atom. The molecule has 1 amide bonds. The summed E-state index contributed by atoms with van der Waals surface area (Å²) in [5.41, 5.74) is 0. The van der Waals surface area contributed by atoms with Gasteiger partial charge in [0, 0.05) is 45.4 Å². The van der Waals surface area contributed by atoms with Gasteiger partial charge in [0.2, 0.25) is 5.91 Å². The minimum absolute atomic E-state index is 0.176. The van der Waals surface area contributed by atoms with Crippen molar-refractivity contribution in [1.29, 1.82) is 0 Å². The lowest BCUT2D eigenvalue weighted by molar-refractivity contribution is -0.142. The van der Waals surface area contributed by atoms with E-state index >= 15 is 0 Å². The van der Waals surface area contributed by atoms with Gasteiger partial charge in [-0.2, -0.15) is 0 Å². The van der Waals surface area contributed by atoms with E-state index in [1.807, 2.05) is 0 Å². The van der Waals surface area contributed by atoms with Crippen LogP contribution in [0.4, 0.5) is 0 Å². The summed E-state index contributed by atoms with van der Waals surface area (Å²) in [6.45, 7) is 14.7. The van der Waals surface area contributed by atoms with E-state index < -0.39 is 0 Å². The van der Waals surface area contributed by atoms with Crippen LogP contribution in [-0.4, -0.2) is 85.2 Å². The topological polar surface area (TPSA) is 36.0 Å². The fourth-order valence-electron chi connectivity index (χ4n) is 5.66. The highest BCUT2D eigenvalue weighted by Crippen LogP contribution is 2.33. The molecule has 1 saturated carbocycles. The summed E-state index contributed by atoms with van der Waals surface area (Å²) >= 11 is 0. The minimum Gasteiger partial charge on any atom is -0.382 e. The average molecular weight is 394 g/mol. The predicted molar refractivity (Wildman–Crippen MR) is 114 cm³/mol. The van der Waals surface area contributed by atoms with Gasteiger partial charge in [0.1, 0.15) is 0 Å². The molecule has 0 N–H and O–H groups in total. The van der Waals surface area contributed by atoms with Crippen molar-refractivity contribution in [2.24, 2.45) is 17.8 Å². The highest BCUT2D eigenvalue weighted by molar-refractivity contribution is 5.80. The molecule has 2 saturated heterocycles. The van der Waals surface area contributed by atoms with E-state index in [1.54, 1.807) is 7.11 Å². The maximum absolute atomic E-state index is 13.3. The molecule has 0 radical (unpaired) electrons. The van der Waals surface area contributed by atoms with E-state index in [0.29, 0.717) is 24.6 Å². The van der Waals surface area contributed by atoms with Crippen molar-refractivity contribution in [3.05, 3.63) is 0 Å². The molecule has 2 aliphatic heterocycles. The van der Waals surface area contributed by atoms with Gasteiger partial charge in [-0.1, -0.05) is 13.8 Å². The summed E-state index contributed by atoms with van der Waals surface area (Å²) in [5.74, 6) is 2.26. The van der Waals surface area contributed by atoms with Crippen molar-refractivity contribution in [1.82, 2.24) is 14.7 Å². The minimum atomic E-state index is 0.176. The Hall–Kier alpha value is -0.650. The van der Waals surface area contributed by atoms with Crippen LogP contribution in [0.1, 0.15) is 59.8 Å². The van der Waals surface area contributed by atoms with E-state index in [4.69, 9.17) is 4.74 Å². The van der Waals surface area contributed by atoms with Gasteiger partial charge >= 0.3 is 0 Å². The Balaban J connectivity index is 1.56. The van der Waals surface area contributed by atoms with Crippen molar-refractivity contribution in [3.63, 3.8) is 0 Å². The second kappa shape index (κ2) is 9.90. The standard InChI is InChI=1S/C23H43N3O2/c1-17(2)19-6-8-21(9-7-19)25-12-13-26(22(15-25)16-28-5)23(27)20-10-11-24(14-20)18(3)4/h17-22H,6-16H2,1-5H3/t19?,20-,21?,22-/m0/s1. The summed E-state index contributed by atoms with van der Waals surface area (Å²) in [4.78, 5) is 20.5. The molecule has 0 bridgehead atoms.